The van der Waals surface area contributed by atoms with Gasteiger partial charge in [-0.25, -0.2) is 0 Å². The van der Waals surface area contributed by atoms with E-state index in [0.717, 1.165) is 24.3 Å². The van der Waals surface area contributed by atoms with Crippen LogP contribution in [0.1, 0.15) is 42.0 Å². The predicted octanol–water partition coefficient (Wildman–Crippen LogP) is 5.18. The van der Waals surface area contributed by atoms with Crippen LogP contribution in [0.25, 0.3) is 0 Å². The number of likely N-dealkylation sites (tertiary alicyclic amines) is 1. The SMILES string of the molecule is C[C@H](c1ccccc1)N1CC[C@@H](c2ccc(OCc3ccccc3)cc2)[C@@H](O)C1. The van der Waals surface area contributed by atoms with Gasteiger partial charge in [-0.2, -0.15) is 0 Å². The van der Waals surface area contributed by atoms with Crippen molar-refractivity contribution >= 4 is 0 Å². The lowest BCUT2D eigenvalue weighted by molar-refractivity contribution is 0.0329. The summed E-state index contributed by atoms with van der Waals surface area (Å²) in [6.07, 6.45) is 0.605. The first-order chi connectivity index (χ1) is 14.2. The van der Waals surface area contributed by atoms with Crippen molar-refractivity contribution in [3.05, 3.63) is 102 Å². The van der Waals surface area contributed by atoms with Gasteiger partial charge in [0.2, 0.25) is 0 Å². The summed E-state index contributed by atoms with van der Waals surface area (Å²) in [7, 11) is 0. The second-order valence-corrected chi connectivity index (χ2v) is 7.89. The molecular formula is C26H29NO2. The zero-order chi connectivity index (χ0) is 20.1. The highest BCUT2D eigenvalue weighted by atomic mass is 16.5. The highest BCUT2D eigenvalue weighted by Gasteiger charge is 2.31. The molecule has 3 aromatic rings. The lowest BCUT2D eigenvalue weighted by Crippen LogP contribution is -2.43. The Morgan fingerprint density at radius 3 is 2.24 bits per heavy atom. The van der Waals surface area contributed by atoms with Gasteiger partial charge in [-0.3, -0.25) is 4.90 Å². The molecule has 4 rings (SSSR count). The van der Waals surface area contributed by atoms with Gasteiger partial charge in [0.1, 0.15) is 12.4 Å². The van der Waals surface area contributed by atoms with Gasteiger partial charge in [-0.1, -0.05) is 72.8 Å². The van der Waals surface area contributed by atoms with Gasteiger partial charge in [-0.15, -0.1) is 0 Å². The number of benzene rings is 3. The van der Waals surface area contributed by atoms with Crippen molar-refractivity contribution in [1.82, 2.24) is 4.90 Å². The maximum Gasteiger partial charge on any atom is 0.119 e. The quantitative estimate of drug-likeness (QED) is 0.633. The molecule has 29 heavy (non-hydrogen) atoms. The number of aliphatic hydroxyl groups is 1. The van der Waals surface area contributed by atoms with Crippen molar-refractivity contribution in [3.63, 3.8) is 0 Å². The fraction of sp³-hybridized carbons (Fsp3) is 0.308. The third-order valence-corrected chi connectivity index (χ3v) is 6.00. The lowest BCUT2D eigenvalue weighted by Gasteiger charge is -2.39. The fourth-order valence-electron chi connectivity index (χ4n) is 4.19. The van der Waals surface area contributed by atoms with E-state index in [1.807, 2.05) is 36.4 Å². The number of nitrogens with zero attached hydrogens (tertiary/aromatic N) is 1. The van der Waals surface area contributed by atoms with Crippen LogP contribution in [0.15, 0.2) is 84.9 Å². The van der Waals surface area contributed by atoms with Crippen LogP contribution in [0, 0.1) is 0 Å². The van der Waals surface area contributed by atoms with Gasteiger partial charge in [0.25, 0.3) is 0 Å². The summed E-state index contributed by atoms with van der Waals surface area (Å²) in [5, 5.41) is 10.8. The maximum absolute atomic E-state index is 10.8. The molecule has 1 aliphatic rings. The van der Waals surface area contributed by atoms with Gasteiger partial charge < -0.3 is 9.84 Å². The van der Waals surface area contributed by atoms with E-state index in [-0.39, 0.29) is 12.0 Å². The van der Waals surface area contributed by atoms with Gasteiger partial charge in [0.05, 0.1) is 6.10 Å². The van der Waals surface area contributed by atoms with Crippen LogP contribution in [0.3, 0.4) is 0 Å². The third kappa shape index (κ3) is 4.87. The van der Waals surface area contributed by atoms with Crippen LogP contribution in [0.2, 0.25) is 0 Å². The highest BCUT2D eigenvalue weighted by Crippen LogP contribution is 2.33. The van der Waals surface area contributed by atoms with Crippen molar-refractivity contribution in [3.8, 4) is 5.75 Å². The summed E-state index contributed by atoms with van der Waals surface area (Å²) in [4.78, 5) is 2.38. The van der Waals surface area contributed by atoms with E-state index < -0.39 is 0 Å². The molecule has 3 aromatic carbocycles. The highest BCUT2D eigenvalue weighted by molar-refractivity contribution is 5.31. The second kappa shape index (κ2) is 9.25. The molecule has 0 aromatic heterocycles. The molecule has 3 nitrogen and oxygen atoms in total. The first kappa shape index (κ1) is 19.7. The average molecular weight is 388 g/mol. The first-order valence-corrected chi connectivity index (χ1v) is 10.4. The smallest absolute Gasteiger partial charge is 0.119 e. The molecule has 150 valence electrons. The number of piperidine rings is 1. The standard InChI is InChI=1S/C26H29NO2/c1-20(22-10-6-3-7-11-22)27-17-16-25(26(28)18-27)23-12-14-24(15-13-23)29-19-21-8-4-2-5-9-21/h2-15,20,25-26,28H,16-19H2,1H3/t20-,25+,26+/m1/s1. The van der Waals surface area contributed by atoms with E-state index in [4.69, 9.17) is 4.74 Å². The van der Waals surface area contributed by atoms with Crippen LogP contribution in [-0.2, 0) is 6.61 Å². The van der Waals surface area contributed by atoms with Crippen LogP contribution in [0.5, 0.6) is 5.75 Å². The minimum Gasteiger partial charge on any atom is -0.489 e. The van der Waals surface area contributed by atoms with Crippen LogP contribution in [0.4, 0.5) is 0 Å². The normalized spacial score (nSPS) is 20.9. The van der Waals surface area contributed by atoms with Crippen molar-refractivity contribution < 1.29 is 9.84 Å². The lowest BCUT2D eigenvalue weighted by atomic mass is 9.86. The summed E-state index contributed by atoms with van der Waals surface area (Å²) in [5.41, 5.74) is 3.65. The van der Waals surface area contributed by atoms with E-state index in [9.17, 15) is 5.11 Å². The number of rotatable bonds is 6. The topological polar surface area (TPSA) is 32.7 Å². The molecule has 0 saturated carbocycles. The molecule has 0 radical (unpaired) electrons. The molecule has 1 fully saturated rings. The van der Waals surface area contributed by atoms with Gasteiger partial charge >= 0.3 is 0 Å². The minimum absolute atomic E-state index is 0.178. The molecule has 0 bridgehead atoms. The monoisotopic (exact) mass is 387 g/mol. The molecule has 3 heteroatoms. The summed E-state index contributed by atoms with van der Waals surface area (Å²) in [5.74, 6) is 1.04. The van der Waals surface area contributed by atoms with E-state index in [1.54, 1.807) is 0 Å². The zero-order valence-electron chi connectivity index (χ0n) is 16.9. The average Bonchev–Trinajstić information content (AvgIpc) is 2.79. The number of hydrogen-bond donors (Lipinski definition) is 1. The first-order valence-electron chi connectivity index (χ1n) is 10.4. The Bertz CT molecular complexity index is 880. The number of aliphatic hydroxyl groups excluding tert-OH is 1. The van der Waals surface area contributed by atoms with Crippen LogP contribution in [-0.4, -0.2) is 29.2 Å². The fourth-order valence-corrected chi connectivity index (χ4v) is 4.19. The van der Waals surface area contributed by atoms with Gasteiger partial charge in [0, 0.05) is 18.5 Å². The van der Waals surface area contributed by atoms with Crippen molar-refractivity contribution in [2.24, 2.45) is 0 Å². The van der Waals surface area contributed by atoms with E-state index in [2.05, 4.69) is 60.4 Å². The van der Waals surface area contributed by atoms with Crippen LogP contribution < -0.4 is 4.74 Å². The van der Waals surface area contributed by atoms with E-state index in [1.165, 1.54) is 11.1 Å². The van der Waals surface area contributed by atoms with Crippen molar-refractivity contribution in [2.75, 3.05) is 13.1 Å². The maximum atomic E-state index is 10.8. The van der Waals surface area contributed by atoms with Gasteiger partial charge in [0.15, 0.2) is 0 Å². The number of hydrogen-bond acceptors (Lipinski definition) is 3. The number of β-amino-alcohol motifs (C(OH)–C–C–N with tert-alkyl or cyclic N) is 1. The molecule has 0 amide bonds. The largest absolute Gasteiger partial charge is 0.489 e. The Kier molecular flexibility index (Phi) is 6.28. The van der Waals surface area contributed by atoms with Crippen molar-refractivity contribution in [2.45, 2.75) is 38.0 Å². The zero-order valence-corrected chi connectivity index (χ0v) is 16.9. The molecule has 0 spiro atoms. The molecular weight excluding hydrogens is 358 g/mol. The number of ether oxygens (including phenoxy) is 1. The summed E-state index contributed by atoms with van der Waals surface area (Å²) in [6, 6.07) is 29.3. The molecule has 1 heterocycles. The molecule has 1 saturated heterocycles. The van der Waals surface area contributed by atoms with E-state index >= 15 is 0 Å². The summed E-state index contributed by atoms with van der Waals surface area (Å²) >= 11 is 0. The Morgan fingerprint density at radius 2 is 1.59 bits per heavy atom. The second-order valence-electron chi connectivity index (χ2n) is 7.89. The van der Waals surface area contributed by atoms with Crippen molar-refractivity contribution in [1.29, 1.82) is 0 Å². The Hall–Kier alpha value is -2.62. The van der Waals surface area contributed by atoms with E-state index in [0.29, 0.717) is 19.2 Å². The molecule has 1 N–H and O–H groups in total. The molecule has 0 aliphatic carbocycles. The summed E-state index contributed by atoms with van der Waals surface area (Å²) < 4.78 is 5.89. The molecule has 1 aliphatic heterocycles. The Morgan fingerprint density at radius 1 is 0.931 bits per heavy atom. The predicted molar refractivity (Wildman–Crippen MR) is 117 cm³/mol. The van der Waals surface area contributed by atoms with Gasteiger partial charge in [-0.05, 0) is 48.7 Å². The van der Waals surface area contributed by atoms with Crippen LogP contribution >= 0.6 is 0 Å². The summed E-state index contributed by atoms with van der Waals surface area (Å²) in [6.45, 7) is 4.48. The minimum atomic E-state index is -0.356. The molecule has 3 atom stereocenters. The Balaban J connectivity index is 1.34. The Labute approximate surface area is 173 Å². The molecule has 0 unspecified atom stereocenters. The third-order valence-electron chi connectivity index (χ3n) is 6.00.